The maximum Gasteiger partial charge on any atom is 0.239 e. The molecule has 0 saturated heterocycles. The molecule has 0 bridgehead atoms. The Hall–Kier alpha value is -2.32. The van der Waals surface area contributed by atoms with Crippen molar-refractivity contribution in [1.82, 2.24) is 24.6 Å². The van der Waals surface area contributed by atoms with Gasteiger partial charge in [-0.2, -0.15) is 5.10 Å². The molecule has 3 rings (SSSR count). The molecule has 0 spiro atoms. The van der Waals surface area contributed by atoms with Crippen LogP contribution in [-0.4, -0.2) is 44.1 Å². The summed E-state index contributed by atoms with van der Waals surface area (Å²) in [5.74, 6) is 0.430. The van der Waals surface area contributed by atoms with Gasteiger partial charge < -0.3 is 5.32 Å². The molecule has 0 aliphatic rings. The molecule has 0 aliphatic heterocycles. The topological polar surface area (TPSA) is 75.9 Å². The number of anilines is 1. The zero-order chi connectivity index (χ0) is 18.0. The lowest BCUT2D eigenvalue weighted by molar-refractivity contribution is -0.117. The molecule has 0 aromatic carbocycles. The number of halogens is 1. The highest BCUT2D eigenvalue weighted by Crippen LogP contribution is 2.17. The molecule has 3 heterocycles. The third-order valence-electron chi connectivity index (χ3n) is 3.78. The highest BCUT2D eigenvalue weighted by atomic mass is 79.9. The number of hydrogen-bond donors (Lipinski definition) is 1. The van der Waals surface area contributed by atoms with Crippen molar-refractivity contribution in [2.75, 3.05) is 18.9 Å². The lowest BCUT2D eigenvalue weighted by Gasteiger charge is -2.16. The van der Waals surface area contributed by atoms with Gasteiger partial charge in [0, 0.05) is 35.8 Å². The first-order chi connectivity index (χ1) is 11.9. The molecule has 0 fully saturated rings. The molecule has 1 amide bonds. The first kappa shape index (κ1) is 17.5. The van der Waals surface area contributed by atoms with Gasteiger partial charge in [-0.15, -0.1) is 0 Å². The van der Waals surface area contributed by atoms with Crippen LogP contribution in [0.4, 0.5) is 5.82 Å². The van der Waals surface area contributed by atoms with E-state index in [4.69, 9.17) is 0 Å². The van der Waals surface area contributed by atoms with E-state index in [-0.39, 0.29) is 12.5 Å². The van der Waals surface area contributed by atoms with Crippen molar-refractivity contribution in [1.29, 1.82) is 0 Å². The summed E-state index contributed by atoms with van der Waals surface area (Å²) in [4.78, 5) is 22.7. The molecule has 1 N–H and O–H groups in total. The largest absolute Gasteiger partial charge is 0.310 e. The van der Waals surface area contributed by atoms with Crippen LogP contribution in [0.15, 0.2) is 35.1 Å². The van der Waals surface area contributed by atoms with Crippen LogP contribution in [0.3, 0.4) is 0 Å². The fraction of sp³-hybridized carbons (Fsp3) is 0.294. The minimum absolute atomic E-state index is 0.107. The number of aromatic nitrogens is 4. The van der Waals surface area contributed by atoms with Crippen molar-refractivity contribution >= 4 is 38.7 Å². The van der Waals surface area contributed by atoms with Crippen molar-refractivity contribution < 1.29 is 4.79 Å². The molecule has 0 saturated carbocycles. The molecule has 3 aromatic rings. The number of aryl methyl sites for hydroxylation is 2. The van der Waals surface area contributed by atoms with Gasteiger partial charge in [0.15, 0.2) is 5.65 Å². The van der Waals surface area contributed by atoms with Crippen LogP contribution in [-0.2, 0) is 18.4 Å². The van der Waals surface area contributed by atoms with Gasteiger partial charge in [-0.25, -0.2) is 9.97 Å². The first-order valence-electron chi connectivity index (χ1n) is 7.80. The summed E-state index contributed by atoms with van der Waals surface area (Å²) < 4.78 is 2.65. The van der Waals surface area contributed by atoms with E-state index < -0.39 is 0 Å². The number of carbonyl (C=O) groups excluding carboxylic acids is 1. The Morgan fingerprint density at radius 1 is 1.32 bits per heavy atom. The number of hydrogen-bond acceptors (Lipinski definition) is 5. The Morgan fingerprint density at radius 2 is 2.12 bits per heavy atom. The average molecular weight is 403 g/mol. The van der Waals surface area contributed by atoms with Crippen molar-refractivity contribution in [3.05, 3.63) is 46.3 Å². The fourth-order valence-electron chi connectivity index (χ4n) is 2.68. The van der Waals surface area contributed by atoms with Crippen LogP contribution in [0.1, 0.15) is 11.3 Å². The fourth-order valence-corrected chi connectivity index (χ4v) is 2.92. The number of rotatable bonds is 5. The molecule has 3 aromatic heterocycles. The second kappa shape index (κ2) is 7.28. The summed E-state index contributed by atoms with van der Waals surface area (Å²) >= 11 is 3.32. The Balaban J connectivity index is 1.61. The van der Waals surface area contributed by atoms with E-state index in [0.717, 1.165) is 26.8 Å². The number of nitrogens with one attached hydrogen (secondary N) is 1. The van der Waals surface area contributed by atoms with Crippen LogP contribution in [0.25, 0.3) is 11.0 Å². The van der Waals surface area contributed by atoms with Crippen molar-refractivity contribution in [3.8, 4) is 0 Å². The second-order valence-corrected chi connectivity index (χ2v) is 6.92. The van der Waals surface area contributed by atoms with Gasteiger partial charge in [-0.05, 0) is 53.7 Å². The first-order valence-corrected chi connectivity index (χ1v) is 8.60. The highest BCUT2D eigenvalue weighted by molar-refractivity contribution is 9.10. The Morgan fingerprint density at radius 3 is 2.84 bits per heavy atom. The predicted octanol–water partition coefficient (Wildman–Crippen LogP) is 2.50. The SMILES string of the molecule is Cc1nn(C)c2ncc(CN(C)CC(=O)Nc3ccc(Br)cn3)cc12. The molecule has 7 nitrogen and oxygen atoms in total. The van der Waals surface area contributed by atoms with Gasteiger partial charge in [0.1, 0.15) is 5.82 Å². The number of likely N-dealkylation sites (N-methyl/N-ethyl adjacent to an activating group) is 1. The van der Waals surface area contributed by atoms with Crippen molar-refractivity contribution in [2.24, 2.45) is 7.05 Å². The molecular weight excluding hydrogens is 384 g/mol. The van der Waals surface area contributed by atoms with Gasteiger partial charge >= 0.3 is 0 Å². The lowest BCUT2D eigenvalue weighted by Crippen LogP contribution is -2.30. The van der Waals surface area contributed by atoms with Gasteiger partial charge in [0.05, 0.1) is 12.2 Å². The molecule has 25 heavy (non-hydrogen) atoms. The maximum atomic E-state index is 12.1. The second-order valence-electron chi connectivity index (χ2n) is 6.01. The monoisotopic (exact) mass is 402 g/mol. The smallest absolute Gasteiger partial charge is 0.239 e. The minimum atomic E-state index is -0.107. The number of carbonyl (C=O) groups is 1. The van der Waals surface area contributed by atoms with Crippen molar-refractivity contribution in [3.63, 3.8) is 0 Å². The van der Waals surface area contributed by atoms with E-state index in [9.17, 15) is 4.79 Å². The summed E-state index contributed by atoms with van der Waals surface area (Å²) in [5.41, 5.74) is 2.86. The van der Waals surface area contributed by atoms with E-state index in [1.54, 1.807) is 16.9 Å². The molecule has 0 atom stereocenters. The van der Waals surface area contributed by atoms with Crippen LogP contribution < -0.4 is 5.32 Å². The van der Waals surface area contributed by atoms with Gasteiger partial charge in [0.2, 0.25) is 5.91 Å². The van der Waals surface area contributed by atoms with Gasteiger partial charge in [0.25, 0.3) is 0 Å². The summed E-state index contributed by atoms with van der Waals surface area (Å²) in [7, 11) is 3.78. The molecule has 0 radical (unpaired) electrons. The van der Waals surface area contributed by atoms with E-state index in [2.05, 4.69) is 42.4 Å². The average Bonchev–Trinajstić information content (AvgIpc) is 2.83. The Kier molecular flexibility index (Phi) is 5.10. The van der Waals surface area contributed by atoms with Crippen LogP contribution >= 0.6 is 15.9 Å². The van der Waals surface area contributed by atoms with Crippen LogP contribution in [0.2, 0.25) is 0 Å². The third-order valence-corrected chi connectivity index (χ3v) is 4.25. The van der Waals surface area contributed by atoms with Crippen LogP contribution in [0, 0.1) is 6.92 Å². The third kappa shape index (κ3) is 4.21. The number of amides is 1. The molecular formula is C17H19BrN6O. The predicted molar refractivity (Wildman–Crippen MR) is 100 cm³/mol. The van der Waals surface area contributed by atoms with E-state index in [1.807, 2.05) is 38.2 Å². The number of nitrogens with zero attached hydrogens (tertiary/aromatic N) is 5. The zero-order valence-electron chi connectivity index (χ0n) is 14.3. The molecule has 0 unspecified atom stereocenters. The summed E-state index contributed by atoms with van der Waals surface area (Å²) in [5, 5.41) is 8.20. The van der Waals surface area contributed by atoms with Gasteiger partial charge in [-0.1, -0.05) is 0 Å². The van der Waals surface area contributed by atoms with Gasteiger partial charge in [-0.3, -0.25) is 14.4 Å². The van der Waals surface area contributed by atoms with E-state index in [0.29, 0.717) is 12.4 Å². The van der Waals surface area contributed by atoms with E-state index >= 15 is 0 Å². The highest BCUT2D eigenvalue weighted by Gasteiger charge is 2.11. The Labute approximate surface area is 154 Å². The zero-order valence-corrected chi connectivity index (χ0v) is 15.9. The Bertz CT molecular complexity index is 905. The lowest BCUT2D eigenvalue weighted by atomic mass is 10.2. The quantitative estimate of drug-likeness (QED) is 0.709. The van der Waals surface area contributed by atoms with Crippen LogP contribution in [0.5, 0.6) is 0 Å². The minimum Gasteiger partial charge on any atom is -0.310 e. The maximum absolute atomic E-state index is 12.1. The molecule has 0 aliphatic carbocycles. The molecule has 130 valence electrons. The molecule has 8 heteroatoms. The normalized spacial score (nSPS) is 11.2. The number of fused-ring (bicyclic) bond motifs is 1. The summed E-state index contributed by atoms with van der Waals surface area (Å²) in [6, 6.07) is 5.67. The summed E-state index contributed by atoms with van der Waals surface area (Å²) in [6.45, 7) is 2.86. The summed E-state index contributed by atoms with van der Waals surface area (Å²) in [6.07, 6.45) is 3.48. The van der Waals surface area contributed by atoms with Crippen molar-refractivity contribution in [2.45, 2.75) is 13.5 Å². The number of pyridine rings is 2. The standard InChI is InChI=1S/C17H19BrN6O/c1-11-14-6-12(7-20-17(14)24(3)22-11)9-23(2)10-16(25)21-15-5-4-13(18)8-19-15/h4-8H,9-10H2,1-3H3,(H,19,21,25). The van der Waals surface area contributed by atoms with E-state index in [1.165, 1.54) is 0 Å².